The van der Waals surface area contributed by atoms with Crippen LogP contribution in [0.25, 0.3) is 0 Å². The summed E-state index contributed by atoms with van der Waals surface area (Å²) < 4.78 is 77.9. The van der Waals surface area contributed by atoms with Gasteiger partial charge in [0.1, 0.15) is 6.61 Å². The Morgan fingerprint density at radius 1 is 1.36 bits per heavy atom. The van der Waals surface area contributed by atoms with Crippen LogP contribution in [0.3, 0.4) is 0 Å². The Morgan fingerprint density at radius 3 is 2.36 bits per heavy atom. The number of hydrogen-bond acceptors (Lipinski definition) is 5. The van der Waals surface area contributed by atoms with Crippen molar-refractivity contribution >= 4 is 15.8 Å². The summed E-state index contributed by atoms with van der Waals surface area (Å²) >= 11 is 0. The fraction of sp³-hybridized carbons (Fsp3) is 0.636. The maximum Gasteiger partial charge on any atom is 0.411 e. The van der Waals surface area contributed by atoms with Crippen molar-refractivity contribution in [2.45, 2.75) is 44.2 Å². The van der Waals surface area contributed by atoms with Gasteiger partial charge in [0.15, 0.2) is 0 Å². The predicted molar refractivity (Wildman–Crippen MR) is 66.0 cm³/mol. The van der Waals surface area contributed by atoms with Gasteiger partial charge in [-0.3, -0.25) is 4.79 Å². The number of alkyl halides is 4. The highest BCUT2D eigenvalue weighted by Crippen LogP contribution is 2.33. The summed E-state index contributed by atoms with van der Waals surface area (Å²) in [7, 11) is -5.67. The van der Waals surface area contributed by atoms with E-state index in [1.54, 1.807) is 20.8 Å². The second kappa shape index (κ2) is 5.86. The number of halogens is 4. The van der Waals surface area contributed by atoms with Crippen LogP contribution in [-0.4, -0.2) is 36.0 Å². The highest BCUT2D eigenvalue weighted by Gasteiger charge is 2.56. The molecule has 0 fully saturated rings. The molecular formula is C11H14F4N2O4S. The van der Waals surface area contributed by atoms with E-state index in [1.807, 2.05) is 4.98 Å². The number of H-pyrrole nitrogens is 1. The molecule has 6 nitrogen and oxygen atoms in total. The molecule has 1 heterocycles. The summed E-state index contributed by atoms with van der Waals surface area (Å²) in [6, 6.07) is 0. The van der Waals surface area contributed by atoms with Gasteiger partial charge in [-0.2, -0.15) is 8.78 Å². The van der Waals surface area contributed by atoms with Crippen molar-refractivity contribution in [1.82, 2.24) is 9.97 Å². The number of aromatic amines is 1. The van der Waals surface area contributed by atoms with E-state index >= 15 is 0 Å². The third kappa shape index (κ3) is 3.57. The third-order valence-corrected chi connectivity index (χ3v) is 4.05. The number of carbonyl (C=O) groups excluding carboxylic acids is 1. The summed E-state index contributed by atoms with van der Waals surface area (Å²) in [5.74, 6) is -0.621. The lowest BCUT2D eigenvalue weighted by atomic mass is 9.97. The standard InChI is InChI=1S/C11H14F4N2O4S/c1-10(2,3)8(18)21-5-6-4-16-9(17-6)22(19,20)11(14,15)7(12)13/h4,7H,5H2,1-3H3,(H,16,17). The van der Waals surface area contributed by atoms with Crippen LogP contribution < -0.4 is 0 Å². The molecule has 0 spiro atoms. The van der Waals surface area contributed by atoms with Crippen molar-refractivity contribution in [3.8, 4) is 0 Å². The quantitative estimate of drug-likeness (QED) is 0.652. The van der Waals surface area contributed by atoms with Crippen molar-refractivity contribution in [3.63, 3.8) is 0 Å². The molecule has 0 atom stereocenters. The van der Waals surface area contributed by atoms with Crippen LogP contribution in [0.4, 0.5) is 17.6 Å². The predicted octanol–water partition coefficient (Wildman–Crippen LogP) is 2.13. The first kappa shape index (κ1) is 18.4. The van der Waals surface area contributed by atoms with E-state index in [-0.39, 0.29) is 5.69 Å². The van der Waals surface area contributed by atoms with Crippen LogP contribution in [-0.2, 0) is 26.0 Å². The monoisotopic (exact) mass is 346 g/mol. The molecule has 1 aromatic rings. The van der Waals surface area contributed by atoms with Gasteiger partial charge in [-0.15, -0.1) is 0 Å². The molecule has 0 aliphatic rings. The van der Waals surface area contributed by atoms with Gasteiger partial charge in [-0.25, -0.2) is 22.2 Å². The van der Waals surface area contributed by atoms with Gasteiger partial charge in [0.2, 0.25) is 5.16 Å². The molecule has 0 aromatic carbocycles. The van der Waals surface area contributed by atoms with Gasteiger partial charge in [0.05, 0.1) is 17.3 Å². The number of imidazole rings is 1. The number of sulfone groups is 1. The van der Waals surface area contributed by atoms with Crippen LogP contribution in [0, 0.1) is 5.41 Å². The molecule has 1 aromatic heterocycles. The van der Waals surface area contributed by atoms with Crippen LogP contribution in [0.15, 0.2) is 11.4 Å². The van der Waals surface area contributed by atoms with E-state index in [4.69, 9.17) is 4.74 Å². The van der Waals surface area contributed by atoms with E-state index in [0.717, 1.165) is 6.20 Å². The maximum absolute atomic E-state index is 13.0. The lowest BCUT2D eigenvalue weighted by molar-refractivity contribution is -0.154. The second-order valence-electron chi connectivity index (χ2n) is 5.41. The van der Waals surface area contributed by atoms with E-state index < -0.39 is 44.7 Å². The number of hydrogen-bond donors (Lipinski definition) is 1. The molecule has 22 heavy (non-hydrogen) atoms. The minimum absolute atomic E-state index is 0.124. The van der Waals surface area contributed by atoms with Crippen molar-refractivity contribution < 1.29 is 35.5 Å². The number of nitrogens with one attached hydrogen (secondary N) is 1. The fourth-order valence-electron chi connectivity index (χ4n) is 1.15. The summed E-state index contributed by atoms with van der Waals surface area (Å²) in [5, 5.41) is -6.59. The van der Waals surface area contributed by atoms with Crippen molar-refractivity contribution in [2.75, 3.05) is 0 Å². The zero-order valence-electron chi connectivity index (χ0n) is 11.9. The number of nitrogens with zero attached hydrogens (tertiary/aromatic N) is 1. The molecular weight excluding hydrogens is 332 g/mol. The van der Waals surface area contributed by atoms with Gasteiger partial charge >= 0.3 is 17.6 Å². The molecule has 11 heteroatoms. The number of esters is 1. The first-order valence-corrected chi connectivity index (χ1v) is 7.40. The van der Waals surface area contributed by atoms with Crippen LogP contribution in [0.5, 0.6) is 0 Å². The molecule has 0 radical (unpaired) electrons. The molecule has 0 amide bonds. The third-order valence-electron chi connectivity index (χ3n) is 2.44. The zero-order valence-corrected chi connectivity index (χ0v) is 12.7. The molecule has 0 aliphatic heterocycles. The smallest absolute Gasteiger partial charge is 0.411 e. The molecule has 1 N–H and O–H groups in total. The Balaban J connectivity index is 2.92. The number of aromatic nitrogens is 2. The summed E-state index contributed by atoms with van der Waals surface area (Å²) in [6.07, 6.45) is -3.59. The fourth-order valence-corrected chi connectivity index (χ4v) is 2.10. The number of carbonyl (C=O) groups is 1. The molecule has 1 rings (SSSR count). The minimum Gasteiger partial charge on any atom is -0.459 e. The first-order valence-electron chi connectivity index (χ1n) is 5.92. The normalized spacial score (nSPS) is 13.5. The summed E-state index contributed by atoms with van der Waals surface area (Å²) in [5.41, 5.74) is -0.946. The number of ether oxygens (including phenoxy) is 1. The molecule has 126 valence electrons. The van der Waals surface area contributed by atoms with Gasteiger partial charge < -0.3 is 9.72 Å². The Hall–Kier alpha value is -1.65. The van der Waals surface area contributed by atoms with Crippen molar-refractivity contribution in [1.29, 1.82) is 0 Å². The number of rotatable bonds is 5. The van der Waals surface area contributed by atoms with E-state index in [1.165, 1.54) is 0 Å². The maximum atomic E-state index is 13.0. The largest absolute Gasteiger partial charge is 0.459 e. The van der Waals surface area contributed by atoms with Gasteiger partial charge in [0.25, 0.3) is 9.84 Å². The lowest BCUT2D eigenvalue weighted by Crippen LogP contribution is -2.37. The van der Waals surface area contributed by atoms with Crippen molar-refractivity contribution in [2.24, 2.45) is 5.41 Å². The summed E-state index contributed by atoms with van der Waals surface area (Å²) in [4.78, 5) is 16.6. The SMILES string of the molecule is CC(C)(C)C(=O)OCc1cnc(S(=O)(=O)C(F)(F)C(F)F)[nH]1. The molecule has 0 saturated heterocycles. The topological polar surface area (TPSA) is 89.1 Å². The van der Waals surface area contributed by atoms with Gasteiger partial charge in [0, 0.05) is 0 Å². The van der Waals surface area contributed by atoms with Crippen LogP contribution in [0.2, 0.25) is 0 Å². The van der Waals surface area contributed by atoms with E-state index in [9.17, 15) is 30.8 Å². The minimum atomic E-state index is -5.67. The van der Waals surface area contributed by atoms with E-state index in [2.05, 4.69) is 4.98 Å². The van der Waals surface area contributed by atoms with Gasteiger partial charge in [-0.05, 0) is 20.8 Å². The average molecular weight is 346 g/mol. The van der Waals surface area contributed by atoms with Gasteiger partial charge in [-0.1, -0.05) is 0 Å². The molecule has 0 aliphatic carbocycles. The van der Waals surface area contributed by atoms with Crippen LogP contribution >= 0.6 is 0 Å². The second-order valence-corrected chi connectivity index (χ2v) is 7.34. The first-order chi connectivity index (χ1) is 9.80. The Bertz CT molecular complexity index is 649. The molecule has 0 saturated carbocycles. The zero-order chi connectivity index (χ0) is 17.3. The summed E-state index contributed by atoms with van der Waals surface area (Å²) in [6.45, 7) is 4.25. The highest BCUT2D eigenvalue weighted by atomic mass is 32.2. The Morgan fingerprint density at radius 2 is 1.91 bits per heavy atom. The van der Waals surface area contributed by atoms with Crippen LogP contribution in [0.1, 0.15) is 26.5 Å². The van der Waals surface area contributed by atoms with E-state index in [0.29, 0.717) is 0 Å². The highest BCUT2D eigenvalue weighted by molar-refractivity contribution is 7.92. The lowest BCUT2D eigenvalue weighted by Gasteiger charge is -2.16. The average Bonchev–Trinajstić information content (AvgIpc) is 2.83. The Kier molecular flexibility index (Phi) is 4.90. The van der Waals surface area contributed by atoms with Crippen molar-refractivity contribution in [3.05, 3.63) is 11.9 Å². The Labute approximate surface area is 123 Å². The molecule has 0 bridgehead atoms. The molecule has 0 unspecified atom stereocenters.